The predicted molar refractivity (Wildman–Crippen MR) is 82.3 cm³/mol. The van der Waals surface area contributed by atoms with Crippen LogP contribution in [0.2, 0.25) is 0 Å². The molecule has 0 radical (unpaired) electrons. The van der Waals surface area contributed by atoms with Crippen molar-refractivity contribution >= 4 is 11.7 Å². The third kappa shape index (κ3) is 4.73. The van der Waals surface area contributed by atoms with Crippen molar-refractivity contribution in [2.24, 2.45) is 0 Å². The van der Waals surface area contributed by atoms with Crippen LogP contribution in [-0.4, -0.2) is 17.1 Å². The fraction of sp³-hybridized carbons (Fsp3) is 0.250. The van der Waals surface area contributed by atoms with E-state index >= 15 is 0 Å². The Morgan fingerprint density at radius 1 is 1.32 bits per heavy atom. The predicted octanol–water partition coefficient (Wildman–Crippen LogP) is 3.33. The highest BCUT2D eigenvalue weighted by molar-refractivity contribution is 5.90. The lowest BCUT2D eigenvalue weighted by atomic mass is 10.2. The number of aromatic nitrogens is 1. The Morgan fingerprint density at radius 2 is 2.14 bits per heavy atom. The zero-order chi connectivity index (χ0) is 15.9. The molecule has 0 aliphatic carbocycles. The summed E-state index contributed by atoms with van der Waals surface area (Å²) in [7, 11) is 0. The molecule has 0 aliphatic rings. The highest BCUT2D eigenvalue weighted by atomic mass is 19.1. The number of pyridine rings is 1. The van der Waals surface area contributed by atoms with E-state index in [1.165, 1.54) is 12.1 Å². The highest BCUT2D eigenvalue weighted by Crippen LogP contribution is 2.21. The van der Waals surface area contributed by atoms with Gasteiger partial charge in [-0.15, -0.1) is 0 Å². The number of halogens is 1. The minimum absolute atomic E-state index is 0.0502. The summed E-state index contributed by atoms with van der Waals surface area (Å²) in [5.74, 6) is 0.0259. The molecule has 2 rings (SSSR count). The Balaban J connectivity index is 1.95. The van der Waals surface area contributed by atoms with Crippen molar-refractivity contribution in [2.45, 2.75) is 26.5 Å². The van der Waals surface area contributed by atoms with Gasteiger partial charge in [-0.1, -0.05) is 12.1 Å². The number of rotatable bonds is 5. The fourth-order valence-corrected chi connectivity index (χ4v) is 1.80. The number of nitrogens with zero attached hydrogens (tertiary/aromatic N) is 1. The fourth-order valence-electron chi connectivity index (χ4n) is 1.80. The van der Waals surface area contributed by atoms with Gasteiger partial charge < -0.3 is 15.4 Å². The molecule has 0 fully saturated rings. The number of ether oxygens (including phenoxy) is 1. The van der Waals surface area contributed by atoms with Crippen molar-refractivity contribution in [1.29, 1.82) is 0 Å². The Morgan fingerprint density at radius 3 is 2.86 bits per heavy atom. The van der Waals surface area contributed by atoms with E-state index < -0.39 is 6.03 Å². The van der Waals surface area contributed by atoms with Crippen LogP contribution in [0.1, 0.15) is 19.4 Å². The number of carbonyl (C=O) groups is 1. The second-order valence-electron chi connectivity index (χ2n) is 4.96. The third-order valence-corrected chi connectivity index (χ3v) is 2.71. The van der Waals surface area contributed by atoms with Gasteiger partial charge in [-0.3, -0.25) is 0 Å². The average Bonchev–Trinajstić information content (AvgIpc) is 2.47. The first-order valence-corrected chi connectivity index (χ1v) is 6.95. The van der Waals surface area contributed by atoms with Gasteiger partial charge in [0, 0.05) is 12.7 Å². The first kappa shape index (κ1) is 15.8. The summed E-state index contributed by atoms with van der Waals surface area (Å²) in [6.07, 6.45) is 1.54. The molecule has 0 aliphatic heterocycles. The van der Waals surface area contributed by atoms with Gasteiger partial charge in [-0.2, -0.15) is 0 Å². The van der Waals surface area contributed by atoms with E-state index in [-0.39, 0.29) is 18.5 Å². The van der Waals surface area contributed by atoms with E-state index in [9.17, 15) is 9.18 Å². The van der Waals surface area contributed by atoms with Gasteiger partial charge in [0.1, 0.15) is 11.5 Å². The summed E-state index contributed by atoms with van der Waals surface area (Å²) in [5, 5.41) is 5.32. The van der Waals surface area contributed by atoms with Crippen molar-refractivity contribution in [3.8, 4) is 5.88 Å². The lowest BCUT2D eigenvalue weighted by molar-refractivity contribution is 0.233. The highest BCUT2D eigenvalue weighted by Gasteiger charge is 2.09. The number of hydrogen-bond donors (Lipinski definition) is 2. The molecule has 1 aromatic carbocycles. The number of benzene rings is 1. The first-order valence-electron chi connectivity index (χ1n) is 6.95. The number of anilines is 1. The van der Waals surface area contributed by atoms with Crippen LogP contribution < -0.4 is 15.4 Å². The van der Waals surface area contributed by atoms with Gasteiger partial charge in [0.05, 0.1) is 6.10 Å². The topological polar surface area (TPSA) is 63.2 Å². The number of carbonyl (C=O) groups excluding carboxylic acids is 1. The standard InChI is InChI=1S/C16H18FN3O2/c1-11(2)22-15-14(7-4-8-18-15)20-16(21)19-10-12-5-3-6-13(17)9-12/h3-9,11H,10H2,1-2H3,(H2,19,20,21). The smallest absolute Gasteiger partial charge is 0.319 e. The Hall–Kier alpha value is -2.63. The second-order valence-corrected chi connectivity index (χ2v) is 4.96. The number of amides is 2. The molecule has 1 aromatic heterocycles. The van der Waals surface area contributed by atoms with Crippen LogP contribution in [0.3, 0.4) is 0 Å². The van der Waals surface area contributed by atoms with Gasteiger partial charge >= 0.3 is 6.03 Å². The van der Waals surface area contributed by atoms with E-state index in [1.54, 1.807) is 30.5 Å². The quantitative estimate of drug-likeness (QED) is 0.890. The number of hydrogen-bond acceptors (Lipinski definition) is 3. The van der Waals surface area contributed by atoms with Crippen molar-refractivity contribution in [2.75, 3.05) is 5.32 Å². The molecule has 0 unspecified atom stereocenters. The summed E-state index contributed by atoms with van der Waals surface area (Å²) in [6, 6.07) is 9.06. The lowest BCUT2D eigenvalue weighted by Crippen LogP contribution is -2.28. The first-order chi connectivity index (χ1) is 10.5. The van der Waals surface area contributed by atoms with Crippen LogP contribution >= 0.6 is 0 Å². The van der Waals surface area contributed by atoms with Crippen LogP contribution in [0.5, 0.6) is 5.88 Å². The molecule has 0 saturated heterocycles. The van der Waals surface area contributed by atoms with E-state index in [2.05, 4.69) is 15.6 Å². The molecule has 0 atom stereocenters. The van der Waals surface area contributed by atoms with E-state index in [1.807, 2.05) is 13.8 Å². The molecular weight excluding hydrogens is 285 g/mol. The maximum Gasteiger partial charge on any atom is 0.319 e. The molecule has 5 nitrogen and oxygen atoms in total. The van der Waals surface area contributed by atoms with Gasteiger partial charge in [0.25, 0.3) is 0 Å². The summed E-state index contributed by atoms with van der Waals surface area (Å²) >= 11 is 0. The molecule has 116 valence electrons. The van der Waals surface area contributed by atoms with Gasteiger partial charge in [-0.05, 0) is 43.7 Å². The Bertz CT molecular complexity index is 647. The monoisotopic (exact) mass is 303 g/mol. The zero-order valence-electron chi connectivity index (χ0n) is 12.5. The molecular formula is C16H18FN3O2. The molecule has 2 amide bonds. The van der Waals surface area contributed by atoms with E-state index in [0.717, 1.165) is 0 Å². The average molecular weight is 303 g/mol. The number of urea groups is 1. The Labute approximate surface area is 128 Å². The van der Waals surface area contributed by atoms with Gasteiger partial charge in [0.2, 0.25) is 5.88 Å². The van der Waals surface area contributed by atoms with Crippen molar-refractivity contribution in [1.82, 2.24) is 10.3 Å². The molecule has 0 spiro atoms. The molecule has 2 aromatic rings. The molecule has 2 N–H and O–H groups in total. The largest absolute Gasteiger partial charge is 0.473 e. The molecule has 0 saturated carbocycles. The van der Waals surface area contributed by atoms with Crippen LogP contribution in [0.15, 0.2) is 42.6 Å². The maximum absolute atomic E-state index is 13.1. The SMILES string of the molecule is CC(C)Oc1ncccc1NC(=O)NCc1cccc(F)c1. The van der Waals surface area contributed by atoms with Gasteiger partial charge in [-0.25, -0.2) is 14.2 Å². The minimum atomic E-state index is -0.411. The Kier molecular flexibility index (Phi) is 5.30. The lowest BCUT2D eigenvalue weighted by Gasteiger charge is -2.14. The van der Waals surface area contributed by atoms with Crippen LogP contribution in [0.25, 0.3) is 0 Å². The third-order valence-electron chi connectivity index (χ3n) is 2.71. The normalized spacial score (nSPS) is 10.4. The van der Waals surface area contributed by atoms with Crippen molar-refractivity contribution in [3.63, 3.8) is 0 Å². The molecule has 1 heterocycles. The molecule has 0 bridgehead atoms. The molecule has 6 heteroatoms. The van der Waals surface area contributed by atoms with Crippen LogP contribution in [0.4, 0.5) is 14.9 Å². The van der Waals surface area contributed by atoms with E-state index in [0.29, 0.717) is 17.1 Å². The van der Waals surface area contributed by atoms with Crippen molar-refractivity contribution in [3.05, 3.63) is 54.0 Å². The summed E-state index contributed by atoms with van der Waals surface area (Å²) in [4.78, 5) is 16.0. The molecule has 22 heavy (non-hydrogen) atoms. The zero-order valence-corrected chi connectivity index (χ0v) is 12.5. The summed E-state index contributed by atoms with van der Waals surface area (Å²) < 4.78 is 18.6. The van der Waals surface area contributed by atoms with E-state index in [4.69, 9.17) is 4.74 Å². The van der Waals surface area contributed by atoms with Crippen molar-refractivity contribution < 1.29 is 13.9 Å². The minimum Gasteiger partial charge on any atom is -0.473 e. The van der Waals surface area contributed by atoms with Crippen LogP contribution in [-0.2, 0) is 6.54 Å². The van der Waals surface area contributed by atoms with Gasteiger partial charge in [0.15, 0.2) is 0 Å². The summed E-state index contributed by atoms with van der Waals surface area (Å²) in [6.45, 7) is 3.98. The van der Waals surface area contributed by atoms with Crippen LogP contribution in [0, 0.1) is 5.82 Å². The summed E-state index contributed by atoms with van der Waals surface area (Å²) in [5.41, 5.74) is 1.16. The second kappa shape index (κ2) is 7.40. The number of nitrogens with one attached hydrogen (secondary N) is 2. The maximum atomic E-state index is 13.1.